The summed E-state index contributed by atoms with van der Waals surface area (Å²) < 4.78 is 33.2. The van der Waals surface area contributed by atoms with Crippen LogP contribution in [0.2, 0.25) is 0 Å². The molecule has 0 radical (unpaired) electrons. The first-order chi connectivity index (χ1) is 15.7. The zero-order valence-electron chi connectivity index (χ0n) is 19.1. The summed E-state index contributed by atoms with van der Waals surface area (Å²) in [6.45, 7) is 5.83. The van der Waals surface area contributed by atoms with E-state index in [2.05, 4.69) is 5.32 Å². The molecular formula is C24H30N2O5S2. The molecule has 0 spiro atoms. The summed E-state index contributed by atoms with van der Waals surface area (Å²) in [6.07, 6.45) is 0. The minimum absolute atomic E-state index is 0.103. The van der Waals surface area contributed by atoms with Crippen molar-refractivity contribution in [2.75, 3.05) is 18.1 Å². The van der Waals surface area contributed by atoms with E-state index in [0.29, 0.717) is 11.5 Å². The van der Waals surface area contributed by atoms with Crippen molar-refractivity contribution in [1.82, 2.24) is 9.62 Å². The molecule has 9 heteroatoms. The van der Waals surface area contributed by atoms with Crippen LogP contribution in [-0.2, 0) is 31.0 Å². The summed E-state index contributed by atoms with van der Waals surface area (Å²) in [5.74, 6) is -0.343. The third kappa shape index (κ3) is 6.37. The number of hydrogen-bond donors (Lipinski definition) is 1. The molecule has 1 N–H and O–H groups in total. The highest BCUT2D eigenvalue weighted by Crippen LogP contribution is 2.25. The predicted octanol–water partition coefficient (Wildman–Crippen LogP) is 2.99. The number of sulfonamides is 1. The molecule has 2 aromatic carbocycles. The van der Waals surface area contributed by atoms with Crippen LogP contribution >= 0.6 is 11.8 Å². The molecule has 1 fully saturated rings. The molecule has 0 aromatic heterocycles. The number of ether oxygens (including phenoxy) is 1. The average Bonchev–Trinajstić information content (AvgIpc) is 2.81. The number of nitrogens with one attached hydrogen (secondary N) is 1. The van der Waals surface area contributed by atoms with Crippen molar-refractivity contribution in [3.63, 3.8) is 0 Å². The van der Waals surface area contributed by atoms with E-state index >= 15 is 0 Å². The normalized spacial score (nSPS) is 18.0. The lowest BCUT2D eigenvalue weighted by Crippen LogP contribution is -2.57. The van der Waals surface area contributed by atoms with Gasteiger partial charge in [0.15, 0.2) is 0 Å². The molecule has 7 nitrogen and oxygen atoms in total. The fraction of sp³-hybridized carbons (Fsp3) is 0.417. The third-order valence-corrected chi connectivity index (χ3v) is 8.40. The van der Waals surface area contributed by atoms with Crippen molar-refractivity contribution in [2.24, 2.45) is 5.92 Å². The Labute approximate surface area is 199 Å². The first-order valence-electron chi connectivity index (χ1n) is 10.9. The lowest BCUT2D eigenvalue weighted by Gasteiger charge is -2.34. The quantitative estimate of drug-likeness (QED) is 0.572. The van der Waals surface area contributed by atoms with E-state index < -0.39 is 34.0 Å². The molecule has 178 valence electrons. The van der Waals surface area contributed by atoms with Crippen LogP contribution in [0.5, 0.6) is 0 Å². The highest BCUT2D eigenvalue weighted by molar-refractivity contribution is 7.99. The fourth-order valence-electron chi connectivity index (χ4n) is 3.49. The van der Waals surface area contributed by atoms with E-state index in [0.717, 1.165) is 11.1 Å². The van der Waals surface area contributed by atoms with Gasteiger partial charge in [-0.1, -0.05) is 61.9 Å². The van der Waals surface area contributed by atoms with E-state index in [1.54, 1.807) is 24.3 Å². The van der Waals surface area contributed by atoms with Crippen molar-refractivity contribution in [3.05, 3.63) is 65.7 Å². The zero-order valence-corrected chi connectivity index (χ0v) is 20.7. The van der Waals surface area contributed by atoms with Gasteiger partial charge in [0.05, 0.1) is 4.90 Å². The first-order valence-corrected chi connectivity index (χ1v) is 13.5. The van der Waals surface area contributed by atoms with Crippen LogP contribution in [0.15, 0.2) is 59.5 Å². The van der Waals surface area contributed by atoms with Crippen molar-refractivity contribution in [3.8, 4) is 0 Å². The molecule has 0 saturated carbocycles. The second-order valence-corrected chi connectivity index (χ2v) is 11.4. The fourth-order valence-corrected chi connectivity index (χ4v) is 6.34. The largest absolute Gasteiger partial charge is 0.459 e. The first kappa shape index (κ1) is 25.3. The van der Waals surface area contributed by atoms with Crippen molar-refractivity contribution < 1.29 is 22.7 Å². The molecule has 1 aliphatic rings. The Morgan fingerprint density at radius 3 is 2.42 bits per heavy atom. The van der Waals surface area contributed by atoms with Crippen molar-refractivity contribution >= 4 is 33.7 Å². The van der Waals surface area contributed by atoms with Gasteiger partial charge >= 0.3 is 5.97 Å². The van der Waals surface area contributed by atoms with E-state index in [9.17, 15) is 18.0 Å². The van der Waals surface area contributed by atoms with Crippen LogP contribution in [0.3, 0.4) is 0 Å². The number of amides is 1. The number of carbonyl (C=O) groups excluding carboxylic acids is 2. The molecule has 3 rings (SSSR count). The summed E-state index contributed by atoms with van der Waals surface area (Å²) in [4.78, 5) is 26.1. The van der Waals surface area contributed by atoms with Crippen LogP contribution in [0.25, 0.3) is 0 Å². The molecule has 0 bridgehead atoms. The zero-order chi connectivity index (χ0) is 24.0. The summed E-state index contributed by atoms with van der Waals surface area (Å²) in [5, 5.41) is 2.75. The molecule has 2 aromatic rings. The number of thioether (sulfide) groups is 1. The van der Waals surface area contributed by atoms with E-state index in [1.807, 2.05) is 51.1 Å². The molecule has 1 unspecified atom stereocenters. The number of carbonyl (C=O) groups is 2. The van der Waals surface area contributed by atoms with Crippen LogP contribution < -0.4 is 5.32 Å². The standard InChI is InChI=1S/C24H30N2O5S2/c1-17(2)22(24(28)31-15-19-7-5-4-6-8-19)25-23(27)21-16-32-14-13-26(21)33(29,30)20-11-9-18(3)10-12-20/h4-12,17,21-22H,13-16H2,1-3H3,(H,25,27)/t21-,22?/m0/s1. The van der Waals surface area contributed by atoms with Crippen LogP contribution in [-0.4, -0.2) is 54.7 Å². The molecular weight excluding hydrogens is 460 g/mol. The maximum absolute atomic E-state index is 13.3. The Bertz CT molecular complexity index is 1060. The van der Waals surface area contributed by atoms with Gasteiger partial charge in [-0.3, -0.25) is 4.79 Å². The number of nitrogens with zero attached hydrogens (tertiary/aromatic N) is 1. The van der Waals surface area contributed by atoms with E-state index in [4.69, 9.17) is 4.74 Å². The van der Waals surface area contributed by atoms with Gasteiger partial charge in [0, 0.05) is 18.1 Å². The minimum Gasteiger partial charge on any atom is -0.459 e. The van der Waals surface area contributed by atoms with Gasteiger partial charge < -0.3 is 10.1 Å². The van der Waals surface area contributed by atoms with Gasteiger partial charge in [0.25, 0.3) is 0 Å². The SMILES string of the molecule is Cc1ccc(S(=O)(=O)N2CCSC[C@H]2C(=O)NC(C(=O)OCc2ccccc2)C(C)C)cc1. The summed E-state index contributed by atoms with van der Waals surface area (Å²) >= 11 is 1.52. The van der Waals surface area contributed by atoms with Crippen molar-refractivity contribution in [1.29, 1.82) is 0 Å². The molecule has 2 atom stereocenters. The lowest BCUT2D eigenvalue weighted by atomic mass is 10.0. The molecule has 1 heterocycles. The third-order valence-electron chi connectivity index (χ3n) is 5.45. The predicted molar refractivity (Wildman–Crippen MR) is 129 cm³/mol. The Hall–Kier alpha value is -2.36. The highest BCUT2D eigenvalue weighted by Gasteiger charge is 2.39. The van der Waals surface area contributed by atoms with Gasteiger partial charge in [-0.15, -0.1) is 0 Å². The van der Waals surface area contributed by atoms with Gasteiger partial charge in [0.2, 0.25) is 15.9 Å². The molecule has 0 aliphatic carbocycles. The Morgan fingerprint density at radius 2 is 1.79 bits per heavy atom. The number of esters is 1. The second kappa shape index (κ2) is 11.2. The second-order valence-electron chi connectivity index (χ2n) is 8.34. The summed E-state index contributed by atoms with van der Waals surface area (Å²) in [5.41, 5.74) is 1.80. The number of benzene rings is 2. The van der Waals surface area contributed by atoms with Crippen LogP contribution in [0.4, 0.5) is 0 Å². The number of hydrogen-bond acceptors (Lipinski definition) is 6. The smallest absolute Gasteiger partial charge is 0.329 e. The highest BCUT2D eigenvalue weighted by atomic mass is 32.2. The summed E-state index contributed by atoms with van der Waals surface area (Å²) in [6, 6.07) is 14.1. The topological polar surface area (TPSA) is 92.8 Å². The number of aryl methyl sites for hydroxylation is 1. The maximum atomic E-state index is 13.3. The Kier molecular flexibility index (Phi) is 8.56. The van der Waals surface area contributed by atoms with Gasteiger partial charge in [0.1, 0.15) is 18.7 Å². The average molecular weight is 491 g/mol. The molecule has 1 saturated heterocycles. The Balaban J connectivity index is 1.73. The van der Waals surface area contributed by atoms with Gasteiger partial charge in [-0.2, -0.15) is 16.1 Å². The monoisotopic (exact) mass is 490 g/mol. The van der Waals surface area contributed by atoms with E-state index in [-0.39, 0.29) is 24.0 Å². The van der Waals surface area contributed by atoms with Crippen molar-refractivity contribution in [2.45, 2.75) is 44.4 Å². The molecule has 1 amide bonds. The van der Waals surface area contributed by atoms with E-state index in [1.165, 1.54) is 16.1 Å². The summed E-state index contributed by atoms with van der Waals surface area (Å²) in [7, 11) is -3.85. The van der Waals surface area contributed by atoms with Gasteiger partial charge in [-0.25, -0.2) is 13.2 Å². The Morgan fingerprint density at radius 1 is 1.12 bits per heavy atom. The van der Waals surface area contributed by atoms with Gasteiger partial charge in [-0.05, 0) is 30.5 Å². The lowest BCUT2D eigenvalue weighted by molar-refractivity contribution is -0.150. The van der Waals surface area contributed by atoms with Crippen LogP contribution in [0.1, 0.15) is 25.0 Å². The van der Waals surface area contributed by atoms with Crippen LogP contribution in [0, 0.1) is 12.8 Å². The maximum Gasteiger partial charge on any atom is 0.329 e. The molecule has 1 aliphatic heterocycles. The number of rotatable bonds is 8. The minimum atomic E-state index is -3.85. The molecule has 33 heavy (non-hydrogen) atoms.